The van der Waals surface area contributed by atoms with Gasteiger partial charge in [0.2, 0.25) is 0 Å². The van der Waals surface area contributed by atoms with Crippen LogP contribution in [0.1, 0.15) is 34.6 Å². The van der Waals surface area contributed by atoms with Gasteiger partial charge in [-0.15, -0.1) is 0 Å². The van der Waals surface area contributed by atoms with E-state index in [0.717, 1.165) is 4.47 Å². The first kappa shape index (κ1) is 21.3. The van der Waals surface area contributed by atoms with E-state index in [1.807, 2.05) is 13.8 Å². The normalized spacial score (nSPS) is 10.3. The highest BCUT2D eigenvalue weighted by Crippen LogP contribution is 2.24. The number of rotatable bonds is 4. The molecule has 2 rings (SSSR count). The Hall–Kier alpha value is -1.97. The Kier molecular flexibility index (Phi) is 7.76. The molecule has 0 saturated heterocycles. The number of ether oxygens (including phenoxy) is 1. The summed E-state index contributed by atoms with van der Waals surface area (Å²) < 4.78 is 7.02. The van der Waals surface area contributed by atoms with Crippen LogP contribution >= 0.6 is 44.1 Å². The summed E-state index contributed by atoms with van der Waals surface area (Å²) in [5.74, 6) is -0.421. The second kappa shape index (κ2) is 9.82. The van der Waals surface area contributed by atoms with E-state index in [1.54, 1.807) is 42.5 Å². The van der Waals surface area contributed by atoms with Crippen molar-refractivity contribution in [1.29, 1.82) is 0 Å². The van der Waals surface area contributed by atoms with Crippen LogP contribution in [0, 0.1) is 0 Å². The van der Waals surface area contributed by atoms with Gasteiger partial charge in [-0.05, 0) is 72.3 Å². The summed E-state index contributed by atoms with van der Waals surface area (Å²) in [4.78, 5) is 24.7. The molecule has 0 heterocycles. The summed E-state index contributed by atoms with van der Waals surface area (Å²) >= 11 is 11.7. The zero-order chi connectivity index (χ0) is 20.0. The third-order valence-corrected chi connectivity index (χ3v) is 4.57. The molecule has 0 spiro atoms. The molecule has 0 bridgehead atoms. The van der Waals surface area contributed by atoms with Crippen LogP contribution in [0.2, 0.25) is 0 Å². The second-order valence-corrected chi connectivity index (χ2v) is 7.83. The van der Waals surface area contributed by atoms with E-state index in [2.05, 4.69) is 48.0 Å². The predicted octanol–water partition coefficient (Wildman–Crippen LogP) is 3.95. The fourth-order valence-electron chi connectivity index (χ4n) is 2.06. The molecule has 0 unspecified atom stereocenters. The number of benzene rings is 2. The molecule has 0 fully saturated rings. The van der Waals surface area contributed by atoms with Crippen LogP contribution < -0.4 is 20.9 Å². The Balaban J connectivity index is 2.00. The molecule has 0 aliphatic heterocycles. The highest BCUT2D eigenvalue weighted by Gasteiger charge is 2.16. The summed E-state index contributed by atoms with van der Waals surface area (Å²) in [5, 5.41) is 2.47. The molecule has 27 heavy (non-hydrogen) atoms. The number of nitrogens with one attached hydrogen (secondary N) is 3. The lowest BCUT2D eigenvalue weighted by Gasteiger charge is -2.15. The lowest BCUT2D eigenvalue weighted by atomic mass is 10.2. The summed E-state index contributed by atoms with van der Waals surface area (Å²) in [6.45, 7) is 3.74. The molecule has 0 radical (unpaired) electrons. The molecule has 0 aliphatic carbocycles. The van der Waals surface area contributed by atoms with Gasteiger partial charge in [-0.3, -0.25) is 25.8 Å². The standard InChI is InChI=1S/C18H17Br2N3O3S/c1-10(2)26-15-8-7-11(19)9-13(15)16(24)21-18(27)23-22-17(25)12-5-3-4-6-14(12)20/h3-10H,1-2H3,(H,22,25)(H2,21,23,24,27). The fourth-order valence-corrected chi connectivity index (χ4v) is 3.03. The first-order chi connectivity index (χ1) is 12.8. The molecule has 2 aromatic rings. The van der Waals surface area contributed by atoms with E-state index in [1.165, 1.54) is 0 Å². The molecule has 3 N–H and O–H groups in total. The zero-order valence-electron chi connectivity index (χ0n) is 14.5. The minimum Gasteiger partial charge on any atom is -0.490 e. The predicted molar refractivity (Wildman–Crippen MR) is 115 cm³/mol. The van der Waals surface area contributed by atoms with Crippen LogP contribution in [0.15, 0.2) is 51.4 Å². The molecular formula is C18H17Br2N3O3S. The SMILES string of the molecule is CC(C)Oc1ccc(Br)cc1C(=O)NC(=S)NNC(=O)c1ccccc1Br. The molecule has 142 valence electrons. The quantitative estimate of drug-likeness (QED) is 0.425. The average Bonchev–Trinajstić information content (AvgIpc) is 2.61. The largest absolute Gasteiger partial charge is 0.490 e. The smallest absolute Gasteiger partial charge is 0.270 e. The molecule has 0 aromatic heterocycles. The highest BCUT2D eigenvalue weighted by atomic mass is 79.9. The van der Waals surface area contributed by atoms with Crippen molar-refractivity contribution in [2.24, 2.45) is 0 Å². The Morgan fingerprint density at radius 2 is 1.70 bits per heavy atom. The Labute approximate surface area is 179 Å². The van der Waals surface area contributed by atoms with E-state index in [9.17, 15) is 9.59 Å². The maximum absolute atomic E-state index is 12.5. The van der Waals surface area contributed by atoms with E-state index in [-0.39, 0.29) is 11.2 Å². The van der Waals surface area contributed by atoms with E-state index in [0.29, 0.717) is 21.3 Å². The van der Waals surface area contributed by atoms with Gasteiger partial charge in [0.05, 0.1) is 17.2 Å². The fraction of sp³-hybridized carbons (Fsp3) is 0.167. The van der Waals surface area contributed by atoms with E-state index >= 15 is 0 Å². The van der Waals surface area contributed by atoms with Crippen molar-refractivity contribution in [3.8, 4) is 5.75 Å². The first-order valence-electron chi connectivity index (χ1n) is 7.90. The summed E-state index contributed by atoms with van der Waals surface area (Å²) in [7, 11) is 0. The second-order valence-electron chi connectivity index (χ2n) is 5.65. The van der Waals surface area contributed by atoms with Crippen LogP contribution in [0.4, 0.5) is 0 Å². The maximum atomic E-state index is 12.5. The number of amides is 2. The molecule has 0 aliphatic rings. The molecule has 9 heteroatoms. The lowest BCUT2D eigenvalue weighted by Crippen LogP contribution is -2.48. The van der Waals surface area contributed by atoms with Gasteiger partial charge in [0, 0.05) is 8.95 Å². The summed E-state index contributed by atoms with van der Waals surface area (Å²) in [6.07, 6.45) is -0.0913. The molecule has 0 atom stereocenters. The number of hydrazine groups is 1. The zero-order valence-corrected chi connectivity index (χ0v) is 18.5. The number of carbonyl (C=O) groups is 2. The Morgan fingerprint density at radius 3 is 2.37 bits per heavy atom. The van der Waals surface area contributed by atoms with Gasteiger partial charge in [-0.25, -0.2) is 0 Å². The molecular weight excluding hydrogens is 498 g/mol. The molecule has 2 aromatic carbocycles. The van der Waals surface area contributed by atoms with Crippen molar-refractivity contribution in [3.05, 3.63) is 62.5 Å². The van der Waals surface area contributed by atoms with Gasteiger partial charge in [0.1, 0.15) is 5.75 Å². The highest BCUT2D eigenvalue weighted by molar-refractivity contribution is 9.10. The van der Waals surface area contributed by atoms with Crippen molar-refractivity contribution >= 4 is 61.0 Å². The van der Waals surface area contributed by atoms with Crippen LogP contribution in [0.5, 0.6) is 5.75 Å². The van der Waals surface area contributed by atoms with Gasteiger partial charge in [0.15, 0.2) is 5.11 Å². The summed E-state index contributed by atoms with van der Waals surface area (Å²) in [5.41, 5.74) is 5.70. The van der Waals surface area contributed by atoms with Crippen molar-refractivity contribution in [2.75, 3.05) is 0 Å². The van der Waals surface area contributed by atoms with Gasteiger partial charge < -0.3 is 4.74 Å². The minimum absolute atomic E-state index is 0.0455. The monoisotopic (exact) mass is 513 g/mol. The molecule has 0 saturated carbocycles. The molecule has 2 amide bonds. The van der Waals surface area contributed by atoms with Crippen LogP contribution in [0.3, 0.4) is 0 Å². The maximum Gasteiger partial charge on any atom is 0.270 e. The first-order valence-corrected chi connectivity index (χ1v) is 9.89. The third kappa shape index (κ3) is 6.30. The number of thiocarbonyl (C=S) groups is 1. The van der Waals surface area contributed by atoms with Crippen LogP contribution in [-0.2, 0) is 0 Å². The van der Waals surface area contributed by atoms with Gasteiger partial charge in [-0.1, -0.05) is 28.1 Å². The number of hydrogen-bond donors (Lipinski definition) is 3. The van der Waals surface area contributed by atoms with Gasteiger partial charge in [0.25, 0.3) is 11.8 Å². The topological polar surface area (TPSA) is 79.5 Å². The van der Waals surface area contributed by atoms with E-state index in [4.69, 9.17) is 17.0 Å². The molecule has 6 nitrogen and oxygen atoms in total. The van der Waals surface area contributed by atoms with Crippen molar-refractivity contribution in [1.82, 2.24) is 16.2 Å². The van der Waals surface area contributed by atoms with Crippen molar-refractivity contribution in [3.63, 3.8) is 0 Å². The third-order valence-electron chi connectivity index (χ3n) is 3.18. The average molecular weight is 515 g/mol. The number of hydrogen-bond acceptors (Lipinski definition) is 4. The minimum atomic E-state index is -0.459. The lowest BCUT2D eigenvalue weighted by molar-refractivity contribution is 0.0932. The number of carbonyl (C=O) groups excluding carboxylic acids is 2. The van der Waals surface area contributed by atoms with Crippen LogP contribution in [-0.4, -0.2) is 23.0 Å². The van der Waals surface area contributed by atoms with Crippen molar-refractivity contribution in [2.45, 2.75) is 20.0 Å². The van der Waals surface area contributed by atoms with E-state index < -0.39 is 11.8 Å². The van der Waals surface area contributed by atoms with Crippen LogP contribution in [0.25, 0.3) is 0 Å². The number of halogens is 2. The van der Waals surface area contributed by atoms with Gasteiger partial charge >= 0.3 is 0 Å². The van der Waals surface area contributed by atoms with Crippen molar-refractivity contribution < 1.29 is 14.3 Å². The Morgan fingerprint density at radius 1 is 1.00 bits per heavy atom. The van der Waals surface area contributed by atoms with Gasteiger partial charge in [-0.2, -0.15) is 0 Å². The Bertz CT molecular complexity index is 875. The summed E-state index contributed by atoms with van der Waals surface area (Å²) in [6, 6.07) is 12.1.